The van der Waals surface area contributed by atoms with Crippen molar-refractivity contribution in [2.24, 2.45) is 5.10 Å². The number of esters is 1. The Morgan fingerprint density at radius 3 is 2.59 bits per heavy atom. The molecular weight excluding hydrogens is 409 g/mol. The van der Waals surface area contributed by atoms with Crippen molar-refractivity contribution in [2.75, 3.05) is 19.7 Å². The van der Waals surface area contributed by atoms with E-state index < -0.39 is 6.04 Å². The number of amides is 1. The van der Waals surface area contributed by atoms with Gasteiger partial charge < -0.3 is 4.74 Å². The molecule has 0 unspecified atom stereocenters. The number of carbonyl (C=O) groups is 2. The molecule has 1 fully saturated rings. The number of hydrogen-bond acceptors (Lipinski definition) is 5. The highest BCUT2D eigenvalue weighted by Gasteiger charge is 2.37. The Balaban J connectivity index is 1.59. The molecule has 2 atom stereocenters. The van der Waals surface area contributed by atoms with Crippen molar-refractivity contribution in [3.63, 3.8) is 0 Å². The minimum Gasteiger partial charge on any atom is -0.465 e. The molecule has 2 heterocycles. The highest BCUT2D eigenvalue weighted by atomic mass is 19.1. The van der Waals surface area contributed by atoms with Crippen LogP contribution >= 0.6 is 0 Å². The first-order valence-electron chi connectivity index (χ1n) is 11.2. The fraction of sp³-hybridized carbons (Fsp3) is 0.400. The summed E-state index contributed by atoms with van der Waals surface area (Å²) in [4.78, 5) is 27.7. The number of piperidine rings is 1. The van der Waals surface area contributed by atoms with E-state index in [-0.39, 0.29) is 30.3 Å². The lowest BCUT2D eigenvalue weighted by molar-refractivity contribution is -0.152. The van der Waals surface area contributed by atoms with Crippen LogP contribution in [-0.4, -0.2) is 53.2 Å². The van der Waals surface area contributed by atoms with Crippen molar-refractivity contribution < 1.29 is 18.7 Å². The van der Waals surface area contributed by atoms with E-state index in [2.05, 4.69) is 5.10 Å². The molecule has 0 spiro atoms. The van der Waals surface area contributed by atoms with Crippen LogP contribution in [-0.2, 0) is 14.3 Å². The predicted octanol–water partition coefficient (Wildman–Crippen LogP) is 3.92. The molecule has 1 amide bonds. The highest BCUT2D eigenvalue weighted by Crippen LogP contribution is 2.33. The summed E-state index contributed by atoms with van der Waals surface area (Å²) < 4.78 is 19.7. The molecule has 2 aromatic carbocycles. The van der Waals surface area contributed by atoms with Crippen molar-refractivity contribution >= 4 is 17.6 Å². The van der Waals surface area contributed by atoms with Crippen molar-refractivity contribution in [3.8, 4) is 0 Å². The van der Waals surface area contributed by atoms with Crippen LogP contribution in [0.5, 0.6) is 0 Å². The molecule has 0 radical (unpaired) electrons. The van der Waals surface area contributed by atoms with Gasteiger partial charge in [0.2, 0.25) is 0 Å². The Bertz CT molecular complexity index is 995. The SMILES string of the molecule is CCOC(=O)[C@@H]1CCCCN1CC(=O)N1N=C(c2ccccc2F)C[C@H]1c1ccccc1. The fourth-order valence-electron chi connectivity index (χ4n) is 4.46. The number of benzene rings is 2. The second kappa shape index (κ2) is 10.0. The Hall–Kier alpha value is -3.06. The zero-order chi connectivity index (χ0) is 22.5. The zero-order valence-corrected chi connectivity index (χ0v) is 18.2. The molecule has 0 aromatic heterocycles. The van der Waals surface area contributed by atoms with Gasteiger partial charge in [0.25, 0.3) is 5.91 Å². The van der Waals surface area contributed by atoms with Gasteiger partial charge in [0.1, 0.15) is 11.9 Å². The molecule has 32 heavy (non-hydrogen) atoms. The minimum atomic E-state index is -0.416. The quantitative estimate of drug-likeness (QED) is 0.643. The zero-order valence-electron chi connectivity index (χ0n) is 18.2. The summed E-state index contributed by atoms with van der Waals surface area (Å²) in [5.41, 5.74) is 1.90. The third-order valence-electron chi connectivity index (χ3n) is 6.05. The van der Waals surface area contributed by atoms with Crippen LogP contribution < -0.4 is 0 Å². The molecule has 6 nitrogen and oxygen atoms in total. The van der Waals surface area contributed by atoms with E-state index in [1.807, 2.05) is 35.2 Å². The molecule has 4 rings (SSSR count). The Morgan fingerprint density at radius 1 is 1.09 bits per heavy atom. The third kappa shape index (κ3) is 4.72. The first-order chi connectivity index (χ1) is 15.6. The number of hydrazone groups is 1. The standard InChI is InChI=1S/C25H28FN3O3/c1-2-32-25(31)22-14-8-9-15-28(22)17-24(30)29-23(18-10-4-3-5-11-18)16-21(27-29)19-12-6-7-13-20(19)26/h3-7,10-13,22-23H,2,8-9,14-17H2,1H3/t22-,23-/m0/s1. The lowest BCUT2D eigenvalue weighted by Gasteiger charge is -2.34. The number of likely N-dealkylation sites (tertiary alicyclic amines) is 1. The molecule has 168 valence electrons. The van der Waals surface area contributed by atoms with E-state index in [1.165, 1.54) is 11.1 Å². The lowest BCUT2D eigenvalue weighted by Crippen LogP contribution is -2.49. The number of nitrogens with zero attached hydrogens (tertiary/aromatic N) is 3. The number of carbonyl (C=O) groups excluding carboxylic acids is 2. The van der Waals surface area contributed by atoms with E-state index >= 15 is 0 Å². The van der Waals surface area contributed by atoms with Crippen LogP contribution in [0.2, 0.25) is 0 Å². The van der Waals surface area contributed by atoms with Gasteiger partial charge >= 0.3 is 5.97 Å². The van der Waals surface area contributed by atoms with Crippen molar-refractivity contribution in [3.05, 3.63) is 71.5 Å². The average Bonchev–Trinajstić information content (AvgIpc) is 3.26. The van der Waals surface area contributed by atoms with E-state index in [9.17, 15) is 14.0 Å². The van der Waals surface area contributed by atoms with Crippen LogP contribution in [0.4, 0.5) is 4.39 Å². The van der Waals surface area contributed by atoms with Crippen molar-refractivity contribution in [1.29, 1.82) is 0 Å². The molecule has 7 heteroatoms. The van der Waals surface area contributed by atoms with Gasteiger partial charge in [-0.05, 0) is 37.9 Å². The number of hydrogen-bond donors (Lipinski definition) is 0. The number of ether oxygens (including phenoxy) is 1. The monoisotopic (exact) mass is 437 g/mol. The Kier molecular flexibility index (Phi) is 6.95. The van der Waals surface area contributed by atoms with E-state index in [4.69, 9.17) is 4.74 Å². The summed E-state index contributed by atoms with van der Waals surface area (Å²) in [7, 11) is 0. The summed E-state index contributed by atoms with van der Waals surface area (Å²) in [5.74, 6) is -0.844. The molecule has 2 aromatic rings. The molecule has 0 N–H and O–H groups in total. The third-order valence-corrected chi connectivity index (χ3v) is 6.05. The van der Waals surface area contributed by atoms with Crippen LogP contribution in [0.3, 0.4) is 0 Å². The van der Waals surface area contributed by atoms with Crippen LogP contribution in [0.15, 0.2) is 59.7 Å². The van der Waals surface area contributed by atoms with Gasteiger partial charge in [0, 0.05) is 12.0 Å². The summed E-state index contributed by atoms with van der Waals surface area (Å²) >= 11 is 0. The summed E-state index contributed by atoms with van der Waals surface area (Å²) in [6.45, 7) is 2.82. The van der Waals surface area contributed by atoms with Crippen LogP contribution in [0.1, 0.15) is 49.8 Å². The lowest BCUT2D eigenvalue weighted by atomic mass is 9.98. The van der Waals surface area contributed by atoms with Gasteiger partial charge in [-0.25, -0.2) is 9.40 Å². The fourth-order valence-corrected chi connectivity index (χ4v) is 4.46. The molecule has 0 saturated carbocycles. The van der Waals surface area contributed by atoms with E-state index in [0.717, 1.165) is 18.4 Å². The van der Waals surface area contributed by atoms with Gasteiger partial charge in [0.05, 0.1) is 24.9 Å². The van der Waals surface area contributed by atoms with Gasteiger partial charge in [-0.3, -0.25) is 14.5 Å². The van der Waals surface area contributed by atoms with E-state index in [1.54, 1.807) is 25.1 Å². The first kappa shape index (κ1) is 22.1. The maximum Gasteiger partial charge on any atom is 0.323 e. The highest BCUT2D eigenvalue weighted by molar-refractivity contribution is 6.03. The predicted molar refractivity (Wildman–Crippen MR) is 119 cm³/mol. The van der Waals surface area contributed by atoms with Gasteiger partial charge in [-0.1, -0.05) is 55.0 Å². The van der Waals surface area contributed by atoms with Crippen LogP contribution in [0, 0.1) is 5.82 Å². The second-order valence-corrected chi connectivity index (χ2v) is 8.13. The Morgan fingerprint density at radius 2 is 1.84 bits per heavy atom. The maximum absolute atomic E-state index is 14.4. The summed E-state index contributed by atoms with van der Waals surface area (Å²) in [6, 6.07) is 15.4. The summed E-state index contributed by atoms with van der Waals surface area (Å²) in [5, 5.41) is 6.03. The first-order valence-corrected chi connectivity index (χ1v) is 11.2. The maximum atomic E-state index is 14.4. The summed E-state index contributed by atoms with van der Waals surface area (Å²) in [6.07, 6.45) is 2.96. The topological polar surface area (TPSA) is 62.2 Å². The van der Waals surface area contributed by atoms with Crippen LogP contribution in [0.25, 0.3) is 0 Å². The number of rotatable bonds is 6. The van der Waals surface area contributed by atoms with E-state index in [0.29, 0.717) is 37.3 Å². The number of halogens is 1. The molecule has 2 aliphatic heterocycles. The average molecular weight is 438 g/mol. The largest absolute Gasteiger partial charge is 0.465 e. The normalized spacial score (nSPS) is 21.3. The molecule has 1 saturated heterocycles. The van der Waals surface area contributed by atoms with Crippen molar-refractivity contribution in [1.82, 2.24) is 9.91 Å². The Labute approximate surface area is 187 Å². The van der Waals surface area contributed by atoms with Gasteiger partial charge in [-0.15, -0.1) is 0 Å². The molecule has 2 aliphatic rings. The molecular formula is C25H28FN3O3. The minimum absolute atomic E-state index is 0.0703. The van der Waals surface area contributed by atoms with Gasteiger partial charge in [-0.2, -0.15) is 5.10 Å². The van der Waals surface area contributed by atoms with Crippen molar-refractivity contribution in [2.45, 2.75) is 44.7 Å². The molecule has 0 aliphatic carbocycles. The van der Waals surface area contributed by atoms with Gasteiger partial charge in [0.15, 0.2) is 0 Å². The smallest absolute Gasteiger partial charge is 0.323 e. The molecule has 0 bridgehead atoms. The second-order valence-electron chi connectivity index (χ2n) is 8.13.